The number of hydrogen-bond acceptors (Lipinski definition) is 3. The highest BCUT2D eigenvalue weighted by atomic mass is 19.1. The maximum absolute atomic E-state index is 14.1. The fourth-order valence-corrected chi connectivity index (χ4v) is 2.40. The van der Waals surface area contributed by atoms with Crippen molar-refractivity contribution in [2.75, 3.05) is 45.2 Å². The van der Waals surface area contributed by atoms with E-state index in [4.69, 9.17) is 0 Å². The van der Waals surface area contributed by atoms with Crippen LogP contribution in [0, 0.1) is 5.82 Å². The first-order valence-electron chi connectivity index (χ1n) is 6.52. The number of benzene rings is 1. The first-order chi connectivity index (χ1) is 8.63. The van der Waals surface area contributed by atoms with E-state index in [2.05, 4.69) is 29.1 Å². The first kappa shape index (κ1) is 13.3. The molecule has 100 valence electrons. The van der Waals surface area contributed by atoms with Crippen molar-refractivity contribution in [2.24, 2.45) is 0 Å². The number of anilines is 1. The summed E-state index contributed by atoms with van der Waals surface area (Å²) in [5.41, 5.74) is 1.81. The Hall–Kier alpha value is -1.13. The maximum atomic E-state index is 14.1. The smallest absolute Gasteiger partial charge is 0.146 e. The second kappa shape index (κ2) is 5.67. The predicted octanol–water partition coefficient (Wildman–Crippen LogP) is 1.86. The van der Waals surface area contributed by atoms with Crippen LogP contribution in [0.5, 0.6) is 0 Å². The Morgan fingerprint density at radius 3 is 2.50 bits per heavy atom. The molecule has 0 spiro atoms. The lowest BCUT2D eigenvalue weighted by atomic mass is 10.0. The van der Waals surface area contributed by atoms with Crippen LogP contribution in [0.3, 0.4) is 0 Å². The molecule has 1 aromatic rings. The van der Waals surface area contributed by atoms with Crippen molar-refractivity contribution in [1.29, 1.82) is 0 Å². The van der Waals surface area contributed by atoms with E-state index in [1.165, 1.54) is 0 Å². The van der Waals surface area contributed by atoms with E-state index < -0.39 is 0 Å². The van der Waals surface area contributed by atoms with E-state index >= 15 is 0 Å². The average molecular weight is 251 g/mol. The van der Waals surface area contributed by atoms with Crippen molar-refractivity contribution in [3.8, 4) is 0 Å². The minimum Gasteiger partial charge on any atom is -0.366 e. The minimum atomic E-state index is -0.112. The van der Waals surface area contributed by atoms with E-state index in [9.17, 15) is 4.39 Å². The van der Waals surface area contributed by atoms with Crippen LogP contribution in [0.4, 0.5) is 10.1 Å². The molecule has 1 saturated heterocycles. The van der Waals surface area contributed by atoms with E-state index in [1.54, 1.807) is 12.1 Å². The lowest BCUT2D eigenvalue weighted by Crippen LogP contribution is -2.45. The Labute approximate surface area is 109 Å². The highest BCUT2D eigenvalue weighted by Crippen LogP contribution is 2.29. The van der Waals surface area contributed by atoms with Crippen molar-refractivity contribution in [3.63, 3.8) is 0 Å². The normalized spacial score (nSPS) is 19.0. The zero-order valence-electron chi connectivity index (χ0n) is 11.4. The van der Waals surface area contributed by atoms with E-state index in [-0.39, 0.29) is 11.9 Å². The molecule has 0 amide bonds. The molecule has 4 heteroatoms. The van der Waals surface area contributed by atoms with E-state index in [1.807, 2.05) is 13.1 Å². The molecule has 3 nitrogen and oxygen atoms in total. The molecule has 0 aromatic heterocycles. The summed E-state index contributed by atoms with van der Waals surface area (Å²) in [5.74, 6) is -0.112. The van der Waals surface area contributed by atoms with Crippen LogP contribution < -0.4 is 10.2 Å². The van der Waals surface area contributed by atoms with Gasteiger partial charge in [-0.2, -0.15) is 0 Å². The van der Waals surface area contributed by atoms with Gasteiger partial charge in [-0.05, 0) is 32.6 Å². The van der Waals surface area contributed by atoms with Gasteiger partial charge in [0.15, 0.2) is 0 Å². The van der Waals surface area contributed by atoms with E-state index in [0.29, 0.717) is 0 Å². The van der Waals surface area contributed by atoms with Gasteiger partial charge >= 0.3 is 0 Å². The Morgan fingerprint density at radius 1 is 1.22 bits per heavy atom. The van der Waals surface area contributed by atoms with Crippen molar-refractivity contribution >= 4 is 5.69 Å². The Balaban J connectivity index is 2.30. The summed E-state index contributed by atoms with van der Waals surface area (Å²) >= 11 is 0. The molecule has 0 bridgehead atoms. The van der Waals surface area contributed by atoms with E-state index in [0.717, 1.165) is 37.4 Å². The summed E-state index contributed by atoms with van der Waals surface area (Å²) in [5, 5.41) is 3.19. The van der Waals surface area contributed by atoms with Crippen LogP contribution in [-0.2, 0) is 0 Å². The number of nitrogens with zero attached hydrogens (tertiary/aromatic N) is 2. The highest BCUT2D eigenvalue weighted by molar-refractivity contribution is 5.56. The van der Waals surface area contributed by atoms with Crippen molar-refractivity contribution in [2.45, 2.75) is 13.0 Å². The molecule has 0 aliphatic carbocycles. The summed E-state index contributed by atoms with van der Waals surface area (Å²) < 4.78 is 14.1. The van der Waals surface area contributed by atoms with Crippen molar-refractivity contribution < 1.29 is 4.39 Å². The third-order valence-electron chi connectivity index (χ3n) is 3.74. The molecule has 1 heterocycles. The third kappa shape index (κ3) is 2.65. The van der Waals surface area contributed by atoms with Gasteiger partial charge in [0.2, 0.25) is 0 Å². The number of para-hydroxylation sites is 1. The van der Waals surface area contributed by atoms with Crippen LogP contribution in [0.15, 0.2) is 18.2 Å². The van der Waals surface area contributed by atoms with Crippen LogP contribution >= 0.6 is 0 Å². The molecule has 0 radical (unpaired) electrons. The molecular formula is C14H22FN3. The van der Waals surface area contributed by atoms with Crippen molar-refractivity contribution in [1.82, 2.24) is 10.2 Å². The van der Waals surface area contributed by atoms with Crippen LogP contribution in [0.1, 0.15) is 18.5 Å². The topological polar surface area (TPSA) is 18.5 Å². The standard InChI is InChI=1S/C14H22FN3/c1-11(16-2)12-5-4-6-13(15)14(12)18-9-7-17(3)8-10-18/h4-6,11,16H,7-10H2,1-3H3. The molecule has 2 rings (SSSR count). The summed E-state index contributed by atoms with van der Waals surface area (Å²) in [6, 6.07) is 5.52. The van der Waals surface area contributed by atoms with Crippen LogP contribution in [0.25, 0.3) is 0 Å². The average Bonchev–Trinajstić information content (AvgIpc) is 2.39. The lowest BCUT2D eigenvalue weighted by Gasteiger charge is -2.36. The van der Waals surface area contributed by atoms with Crippen molar-refractivity contribution in [3.05, 3.63) is 29.6 Å². The van der Waals surface area contributed by atoms with Gasteiger partial charge in [0.1, 0.15) is 5.82 Å². The van der Waals surface area contributed by atoms with Crippen LogP contribution in [0.2, 0.25) is 0 Å². The van der Waals surface area contributed by atoms with Gasteiger partial charge in [-0.1, -0.05) is 12.1 Å². The zero-order chi connectivity index (χ0) is 13.1. The summed E-state index contributed by atoms with van der Waals surface area (Å²) in [7, 11) is 4.01. The lowest BCUT2D eigenvalue weighted by molar-refractivity contribution is 0.311. The molecule has 18 heavy (non-hydrogen) atoms. The molecule has 1 aliphatic rings. The van der Waals surface area contributed by atoms with Gasteiger partial charge in [-0.15, -0.1) is 0 Å². The summed E-state index contributed by atoms with van der Waals surface area (Å²) in [6.07, 6.45) is 0. The molecular weight excluding hydrogens is 229 g/mol. The number of likely N-dealkylation sites (N-methyl/N-ethyl adjacent to an activating group) is 1. The molecule has 1 fully saturated rings. The van der Waals surface area contributed by atoms with Gasteiger partial charge in [-0.3, -0.25) is 0 Å². The fraction of sp³-hybridized carbons (Fsp3) is 0.571. The Bertz CT molecular complexity index is 400. The molecule has 1 N–H and O–H groups in total. The largest absolute Gasteiger partial charge is 0.366 e. The number of rotatable bonds is 3. The maximum Gasteiger partial charge on any atom is 0.146 e. The molecule has 1 atom stereocenters. The molecule has 0 saturated carbocycles. The highest BCUT2D eigenvalue weighted by Gasteiger charge is 2.21. The number of piperazine rings is 1. The van der Waals surface area contributed by atoms with Gasteiger partial charge in [0.05, 0.1) is 5.69 Å². The molecule has 1 unspecified atom stereocenters. The van der Waals surface area contributed by atoms with Gasteiger partial charge in [0.25, 0.3) is 0 Å². The second-order valence-corrected chi connectivity index (χ2v) is 4.98. The zero-order valence-corrected chi connectivity index (χ0v) is 11.4. The SMILES string of the molecule is CNC(C)c1cccc(F)c1N1CCN(C)CC1. The number of halogens is 1. The minimum absolute atomic E-state index is 0.112. The Kier molecular flexibility index (Phi) is 4.19. The molecule has 1 aromatic carbocycles. The number of nitrogens with one attached hydrogen (secondary N) is 1. The quantitative estimate of drug-likeness (QED) is 0.884. The molecule has 1 aliphatic heterocycles. The summed E-state index contributed by atoms with van der Waals surface area (Å²) in [4.78, 5) is 4.44. The Morgan fingerprint density at radius 2 is 1.89 bits per heavy atom. The predicted molar refractivity (Wildman–Crippen MR) is 73.6 cm³/mol. The second-order valence-electron chi connectivity index (χ2n) is 4.98. The van der Waals surface area contributed by atoms with Gasteiger partial charge < -0.3 is 15.1 Å². The van der Waals surface area contributed by atoms with Gasteiger partial charge in [0, 0.05) is 32.2 Å². The fourth-order valence-electron chi connectivity index (χ4n) is 2.40. The summed E-state index contributed by atoms with van der Waals surface area (Å²) in [6.45, 7) is 5.82. The third-order valence-corrected chi connectivity index (χ3v) is 3.74. The monoisotopic (exact) mass is 251 g/mol. The van der Waals surface area contributed by atoms with Gasteiger partial charge in [-0.25, -0.2) is 4.39 Å². The van der Waals surface area contributed by atoms with Crippen LogP contribution in [-0.4, -0.2) is 45.2 Å². The number of hydrogen-bond donors (Lipinski definition) is 1. The first-order valence-corrected chi connectivity index (χ1v) is 6.52.